The van der Waals surface area contributed by atoms with E-state index in [-0.39, 0.29) is 54.7 Å². The van der Waals surface area contributed by atoms with Crippen molar-refractivity contribution in [2.75, 3.05) is 23.3 Å². The molecular weight excluding hydrogens is 543 g/mol. The van der Waals surface area contributed by atoms with Crippen LogP contribution in [0.4, 0.5) is 5.69 Å². The molecule has 8 heteroatoms. The molecule has 167 valence electrons. The largest absolute Gasteiger partial charge is 0.388 e. The number of aliphatic hydroxyl groups excluding tert-OH is 1. The van der Waals surface area contributed by atoms with Crippen molar-refractivity contribution in [1.82, 2.24) is 0 Å². The zero-order valence-corrected chi connectivity index (χ0v) is 23.0. The molecule has 30 heavy (non-hydrogen) atoms. The minimum atomic E-state index is -3.41. The van der Waals surface area contributed by atoms with Crippen LogP contribution in [0.5, 0.6) is 0 Å². The van der Waals surface area contributed by atoms with Crippen LogP contribution < -0.4 is 4.31 Å². The summed E-state index contributed by atoms with van der Waals surface area (Å²) >= 11 is 3.53. The molecule has 1 aromatic rings. The normalized spacial score (nSPS) is 25.4. The van der Waals surface area contributed by atoms with Gasteiger partial charge in [-0.2, -0.15) is 6.42 Å². The Labute approximate surface area is 215 Å². The first-order valence-corrected chi connectivity index (χ1v) is 13.2. The number of rotatable bonds is 10. The smallest absolute Gasteiger partial charge is 0.236 e. The fourth-order valence-electron chi connectivity index (χ4n) is 4.62. The molecule has 0 amide bonds. The molecule has 2 aliphatic rings. The zero-order chi connectivity index (χ0) is 21.1. The molecule has 3 atom stereocenters. The molecule has 1 aliphatic heterocycles. The van der Waals surface area contributed by atoms with Crippen LogP contribution in [0.1, 0.15) is 63.5 Å². The van der Waals surface area contributed by atoms with Crippen molar-refractivity contribution in [3.63, 3.8) is 0 Å². The Morgan fingerprint density at radius 2 is 2.00 bits per heavy atom. The molecule has 1 N–H and O–H groups in total. The molecule has 1 heterocycles. The van der Waals surface area contributed by atoms with Crippen LogP contribution in [0.25, 0.3) is 0 Å². The minimum Gasteiger partial charge on any atom is -0.388 e. The molecular formula is C22H33BrNO4SY-. The summed E-state index contributed by atoms with van der Waals surface area (Å²) < 4.78 is 32.7. The summed E-state index contributed by atoms with van der Waals surface area (Å²) in [6.07, 6.45) is 6.53. The van der Waals surface area contributed by atoms with Gasteiger partial charge in [0.15, 0.2) is 0 Å². The predicted molar refractivity (Wildman–Crippen MR) is 121 cm³/mol. The number of ether oxygens (including phenoxy) is 1. The molecule has 1 saturated carbocycles. The zero-order valence-electron chi connectivity index (χ0n) is 17.8. The third kappa shape index (κ3) is 5.69. The molecule has 2 fully saturated rings. The van der Waals surface area contributed by atoms with Crippen molar-refractivity contribution >= 4 is 31.6 Å². The molecule has 0 spiro atoms. The van der Waals surface area contributed by atoms with E-state index in [1.165, 1.54) is 10.7 Å². The topological polar surface area (TPSA) is 66.8 Å². The summed E-state index contributed by atoms with van der Waals surface area (Å²) in [5.41, 5.74) is 1.49. The number of aliphatic hydroxyl groups is 1. The van der Waals surface area contributed by atoms with Crippen LogP contribution in [0.3, 0.4) is 0 Å². The molecule has 1 radical (unpaired) electrons. The average molecular weight is 576 g/mol. The van der Waals surface area contributed by atoms with E-state index in [9.17, 15) is 13.5 Å². The number of nitrogens with zero attached hydrogens (tertiary/aromatic N) is 1. The number of halogens is 1. The predicted octanol–water partition coefficient (Wildman–Crippen LogP) is 4.60. The maximum absolute atomic E-state index is 12.8. The van der Waals surface area contributed by atoms with Crippen LogP contribution in [0.15, 0.2) is 24.3 Å². The summed E-state index contributed by atoms with van der Waals surface area (Å²) in [6, 6.07) is 7.13. The Balaban J connectivity index is 0.00000320. The molecule has 0 bridgehead atoms. The van der Waals surface area contributed by atoms with E-state index in [2.05, 4.69) is 29.8 Å². The molecule has 3 rings (SSSR count). The maximum Gasteiger partial charge on any atom is 0.236 e. The van der Waals surface area contributed by atoms with Gasteiger partial charge in [-0.3, -0.25) is 4.31 Å². The second-order valence-corrected chi connectivity index (χ2v) is 11.5. The van der Waals surface area contributed by atoms with Gasteiger partial charge in [-0.1, -0.05) is 54.2 Å². The Morgan fingerprint density at radius 1 is 1.33 bits per heavy atom. The van der Waals surface area contributed by atoms with Crippen LogP contribution in [-0.2, 0) is 47.5 Å². The number of benzene rings is 1. The first-order chi connectivity index (χ1) is 13.8. The molecule has 3 unspecified atom stereocenters. The van der Waals surface area contributed by atoms with Crippen LogP contribution in [0.2, 0.25) is 0 Å². The van der Waals surface area contributed by atoms with Gasteiger partial charge in [0.05, 0.1) is 35.0 Å². The number of sulfonamides is 1. The third-order valence-electron chi connectivity index (χ3n) is 6.36. The first-order valence-electron chi connectivity index (χ1n) is 10.7. The summed E-state index contributed by atoms with van der Waals surface area (Å²) in [7, 11) is -3.41. The fraction of sp³-hybridized carbons (Fsp3) is 0.682. The van der Waals surface area contributed by atoms with Gasteiger partial charge in [0, 0.05) is 44.7 Å². The molecule has 5 nitrogen and oxygen atoms in total. The fourth-order valence-corrected chi connectivity index (χ4v) is 8.02. The Bertz CT molecular complexity index is 770. The number of anilines is 1. The minimum absolute atomic E-state index is 0. The summed E-state index contributed by atoms with van der Waals surface area (Å²) in [5, 5.41) is 11.0. The second-order valence-electron chi connectivity index (χ2n) is 8.40. The SMILES string of the molecule is [CH2-]CCCOCC1C(Br)CS(=O)(=O)N1c1ccc(C(O)C2(CCC)CCC2)cc1.[Y]. The van der Waals surface area contributed by atoms with Gasteiger partial charge in [0.2, 0.25) is 10.0 Å². The number of hydrogen-bond donors (Lipinski definition) is 1. The van der Waals surface area contributed by atoms with E-state index in [4.69, 9.17) is 4.74 Å². The Kier molecular flexibility index (Phi) is 10.3. The second kappa shape index (κ2) is 11.6. The van der Waals surface area contributed by atoms with Gasteiger partial charge in [-0.05, 0) is 37.0 Å². The first kappa shape index (κ1) is 26.7. The van der Waals surface area contributed by atoms with Crippen molar-refractivity contribution in [2.45, 2.75) is 68.8 Å². The number of unbranched alkanes of at least 4 members (excludes halogenated alkanes) is 1. The quantitative estimate of drug-likeness (QED) is 0.251. The van der Waals surface area contributed by atoms with Crippen molar-refractivity contribution in [2.24, 2.45) is 5.41 Å². The van der Waals surface area contributed by atoms with Gasteiger partial charge in [0.25, 0.3) is 0 Å². The average Bonchev–Trinajstić information content (AvgIpc) is 2.89. The van der Waals surface area contributed by atoms with Gasteiger partial charge < -0.3 is 16.8 Å². The monoisotopic (exact) mass is 575 g/mol. The molecule has 1 aromatic carbocycles. The summed E-state index contributed by atoms with van der Waals surface area (Å²) in [6.45, 7) is 6.89. The van der Waals surface area contributed by atoms with E-state index in [1.807, 2.05) is 24.3 Å². The standard InChI is InChI=1S/C22H33BrNO4S.Y/c1-3-5-14-28-15-20-19(23)16-29(26,27)24(20)18-9-7-17(8-10-18)21(25)22(11-4-2)12-6-13-22;/h7-10,19-21,25H,1,3-6,11-16H2,2H3;/q-1;. The van der Waals surface area contributed by atoms with Gasteiger partial charge in [0.1, 0.15) is 0 Å². The summed E-state index contributed by atoms with van der Waals surface area (Å²) in [4.78, 5) is -0.180. The molecule has 1 saturated heterocycles. The van der Waals surface area contributed by atoms with E-state index in [0.29, 0.717) is 18.9 Å². The van der Waals surface area contributed by atoms with Crippen molar-refractivity contribution in [3.05, 3.63) is 36.8 Å². The summed E-state index contributed by atoms with van der Waals surface area (Å²) in [5.74, 6) is 0.0559. The van der Waals surface area contributed by atoms with Crippen molar-refractivity contribution in [1.29, 1.82) is 0 Å². The Morgan fingerprint density at radius 3 is 2.53 bits per heavy atom. The van der Waals surface area contributed by atoms with Gasteiger partial charge in [-0.15, -0.1) is 0 Å². The third-order valence-corrected chi connectivity index (χ3v) is 9.58. The molecule has 1 aliphatic carbocycles. The Hall–Kier alpha value is 0.474. The van der Waals surface area contributed by atoms with Gasteiger partial charge >= 0.3 is 0 Å². The van der Waals surface area contributed by atoms with Gasteiger partial charge in [-0.25, -0.2) is 8.42 Å². The van der Waals surface area contributed by atoms with E-state index < -0.39 is 16.1 Å². The van der Waals surface area contributed by atoms with Crippen molar-refractivity contribution < 1.29 is 51.0 Å². The van der Waals surface area contributed by atoms with Crippen LogP contribution in [0, 0.1) is 12.3 Å². The maximum atomic E-state index is 12.8. The van der Waals surface area contributed by atoms with Crippen LogP contribution in [-0.4, -0.2) is 43.4 Å². The number of hydrogen-bond acceptors (Lipinski definition) is 4. The van der Waals surface area contributed by atoms with Crippen LogP contribution >= 0.6 is 15.9 Å². The molecule has 0 aromatic heterocycles. The van der Waals surface area contributed by atoms with Crippen molar-refractivity contribution in [3.8, 4) is 0 Å². The van der Waals surface area contributed by atoms with E-state index >= 15 is 0 Å². The number of alkyl halides is 1. The van der Waals surface area contributed by atoms with E-state index in [1.54, 1.807) is 0 Å². The van der Waals surface area contributed by atoms with E-state index in [0.717, 1.165) is 44.1 Å².